The van der Waals surface area contributed by atoms with Crippen molar-refractivity contribution in [3.8, 4) is 0 Å². The fourth-order valence-electron chi connectivity index (χ4n) is 2.39. The SMILES string of the molecule is CC(CNC1CCCNC(=O)C1)c1ccccc1. The Bertz CT molecular complexity index is 377. The number of hydrogen-bond donors (Lipinski definition) is 2. The first-order valence-electron chi connectivity index (χ1n) is 6.80. The molecular formula is C15H22N2O. The molecule has 0 spiro atoms. The molecule has 1 aromatic carbocycles. The Labute approximate surface area is 109 Å². The van der Waals surface area contributed by atoms with Crippen molar-refractivity contribution in [3.05, 3.63) is 35.9 Å². The van der Waals surface area contributed by atoms with Crippen LogP contribution in [0.15, 0.2) is 30.3 Å². The van der Waals surface area contributed by atoms with Crippen molar-refractivity contribution in [1.82, 2.24) is 10.6 Å². The molecule has 0 aromatic heterocycles. The van der Waals surface area contributed by atoms with Crippen LogP contribution in [0.5, 0.6) is 0 Å². The first-order valence-corrected chi connectivity index (χ1v) is 6.80. The summed E-state index contributed by atoms with van der Waals surface area (Å²) in [4.78, 5) is 11.5. The zero-order chi connectivity index (χ0) is 12.8. The summed E-state index contributed by atoms with van der Waals surface area (Å²) in [5.74, 6) is 0.662. The van der Waals surface area contributed by atoms with Gasteiger partial charge >= 0.3 is 0 Å². The van der Waals surface area contributed by atoms with Crippen molar-refractivity contribution in [2.45, 2.75) is 38.1 Å². The predicted molar refractivity (Wildman–Crippen MR) is 73.5 cm³/mol. The van der Waals surface area contributed by atoms with Crippen molar-refractivity contribution in [2.75, 3.05) is 13.1 Å². The Morgan fingerprint density at radius 2 is 2.17 bits per heavy atom. The van der Waals surface area contributed by atoms with Crippen LogP contribution in [0, 0.1) is 0 Å². The standard InChI is InChI=1S/C15H22N2O/c1-12(13-6-3-2-4-7-13)11-17-14-8-5-9-16-15(18)10-14/h2-4,6-7,12,14,17H,5,8-11H2,1H3,(H,16,18). The van der Waals surface area contributed by atoms with Gasteiger partial charge in [0.25, 0.3) is 0 Å². The Hall–Kier alpha value is -1.35. The Balaban J connectivity index is 1.82. The van der Waals surface area contributed by atoms with Gasteiger partial charge in [0.15, 0.2) is 0 Å². The average molecular weight is 246 g/mol. The van der Waals surface area contributed by atoms with Crippen LogP contribution in [0.1, 0.15) is 37.7 Å². The zero-order valence-corrected chi connectivity index (χ0v) is 11.0. The van der Waals surface area contributed by atoms with Crippen LogP contribution in [-0.2, 0) is 4.79 Å². The van der Waals surface area contributed by atoms with Gasteiger partial charge in [0.05, 0.1) is 0 Å². The number of nitrogens with one attached hydrogen (secondary N) is 2. The van der Waals surface area contributed by atoms with Gasteiger partial charge in [-0.1, -0.05) is 37.3 Å². The van der Waals surface area contributed by atoms with Gasteiger partial charge in [0.1, 0.15) is 0 Å². The fraction of sp³-hybridized carbons (Fsp3) is 0.533. The number of hydrogen-bond acceptors (Lipinski definition) is 2. The third kappa shape index (κ3) is 3.84. The van der Waals surface area contributed by atoms with E-state index in [9.17, 15) is 4.79 Å². The molecule has 3 nitrogen and oxygen atoms in total. The smallest absolute Gasteiger partial charge is 0.221 e. The molecule has 98 valence electrons. The minimum atomic E-state index is 0.178. The molecule has 1 aliphatic heterocycles. The van der Waals surface area contributed by atoms with E-state index in [0.29, 0.717) is 18.4 Å². The van der Waals surface area contributed by atoms with E-state index in [2.05, 4.69) is 41.8 Å². The summed E-state index contributed by atoms with van der Waals surface area (Å²) in [5, 5.41) is 6.44. The van der Waals surface area contributed by atoms with E-state index >= 15 is 0 Å². The Morgan fingerprint density at radius 1 is 1.39 bits per heavy atom. The van der Waals surface area contributed by atoms with Crippen LogP contribution >= 0.6 is 0 Å². The molecule has 1 amide bonds. The Morgan fingerprint density at radius 3 is 2.94 bits per heavy atom. The van der Waals surface area contributed by atoms with Gasteiger partial charge < -0.3 is 10.6 Å². The first kappa shape index (κ1) is 13.1. The topological polar surface area (TPSA) is 41.1 Å². The molecule has 1 saturated heterocycles. The third-order valence-electron chi connectivity index (χ3n) is 3.56. The normalized spacial score (nSPS) is 22.1. The van der Waals surface area contributed by atoms with E-state index < -0.39 is 0 Å². The maximum Gasteiger partial charge on any atom is 0.221 e. The van der Waals surface area contributed by atoms with E-state index in [0.717, 1.165) is 25.9 Å². The van der Waals surface area contributed by atoms with E-state index in [1.54, 1.807) is 0 Å². The van der Waals surface area contributed by atoms with Crippen molar-refractivity contribution < 1.29 is 4.79 Å². The summed E-state index contributed by atoms with van der Waals surface area (Å²) in [7, 11) is 0. The molecule has 0 saturated carbocycles. The van der Waals surface area contributed by atoms with E-state index in [1.807, 2.05) is 6.07 Å². The van der Waals surface area contributed by atoms with Crippen LogP contribution in [0.2, 0.25) is 0 Å². The lowest BCUT2D eigenvalue weighted by Crippen LogP contribution is -2.34. The third-order valence-corrected chi connectivity index (χ3v) is 3.56. The Kier molecular flexibility index (Phi) is 4.76. The second-order valence-electron chi connectivity index (χ2n) is 5.11. The van der Waals surface area contributed by atoms with Crippen LogP contribution in [-0.4, -0.2) is 25.0 Å². The van der Waals surface area contributed by atoms with Gasteiger partial charge in [-0.05, 0) is 24.3 Å². The van der Waals surface area contributed by atoms with Crippen LogP contribution in [0.25, 0.3) is 0 Å². The fourth-order valence-corrected chi connectivity index (χ4v) is 2.39. The lowest BCUT2D eigenvalue weighted by molar-refractivity contribution is -0.121. The van der Waals surface area contributed by atoms with Gasteiger partial charge in [0.2, 0.25) is 5.91 Å². The average Bonchev–Trinajstić information content (AvgIpc) is 2.61. The van der Waals surface area contributed by atoms with E-state index in [1.165, 1.54) is 5.56 Å². The molecule has 0 radical (unpaired) electrons. The maximum absolute atomic E-state index is 11.5. The van der Waals surface area contributed by atoms with Crippen molar-refractivity contribution >= 4 is 5.91 Å². The first-order chi connectivity index (χ1) is 8.75. The van der Waals surface area contributed by atoms with Crippen molar-refractivity contribution in [2.24, 2.45) is 0 Å². The largest absolute Gasteiger partial charge is 0.356 e. The minimum absolute atomic E-state index is 0.178. The summed E-state index contributed by atoms with van der Waals surface area (Å²) in [5.41, 5.74) is 1.35. The van der Waals surface area contributed by atoms with Gasteiger partial charge in [-0.25, -0.2) is 0 Å². The molecule has 2 atom stereocenters. The summed E-state index contributed by atoms with van der Waals surface area (Å²) >= 11 is 0. The molecule has 2 rings (SSSR count). The second kappa shape index (κ2) is 6.55. The van der Waals surface area contributed by atoms with Gasteiger partial charge in [0, 0.05) is 25.6 Å². The number of amides is 1. The summed E-state index contributed by atoms with van der Waals surface area (Å²) in [6.45, 7) is 3.98. The summed E-state index contributed by atoms with van der Waals surface area (Å²) in [6.07, 6.45) is 2.77. The highest BCUT2D eigenvalue weighted by molar-refractivity contribution is 5.76. The lowest BCUT2D eigenvalue weighted by atomic mass is 10.0. The molecule has 0 aliphatic carbocycles. The quantitative estimate of drug-likeness (QED) is 0.853. The molecule has 0 bridgehead atoms. The number of benzene rings is 1. The number of carbonyl (C=O) groups excluding carboxylic acids is 1. The van der Waals surface area contributed by atoms with Crippen LogP contribution in [0.3, 0.4) is 0 Å². The maximum atomic E-state index is 11.5. The molecule has 1 heterocycles. The molecule has 2 unspecified atom stereocenters. The minimum Gasteiger partial charge on any atom is -0.356 e. The van der Waals surface area contributed by atoms with Crippen LogP contribution < -0.4 is 10.6 Å². The highest BCUT2D eigenvalue weighted by atomic mass is 16.1. The highest BCUT2D eigenvalue weighted by Crippen LogP contribution is 2.14. The molecule has 18 heavy (non-hydrogen) atoms. The summed E-state index contributed by atoms with van der Waals surface area (Å²) in [6, 6.07) is 10.8. The lowest BCUT2D eigenvalue weighted by Gasteiger charge is -2.19. The number of rotatable bonds is 4. The molecule has 2 N–H and O–H groups in total. The van der Waals surface area contributed by atoms with Gasteiger partial charge in [-0.3, -0.25) is 4.79 Å². The van der Waals surface area contributed by atoms with E-state index in [-0.39, 0.29) is 5.91 Å². The predicted octanol–water partition coefficient (Wildman–Crippen LogP) is 2.05. The van der Waals surface area contributed by atoms with E-state index in [4.69, 9.17) is 0 Å². The van der Waals surface area contributed by atoms with Gasteiger partial charge in [-0.2, -0.15) is 0 Å². The van der Waals surface area contributed by atoms with Crippen molar-refractivity contribution in [3.63, 3.8) is 0 Å². The van der Waals surface area contributed by atoms with Crippen molar-refractivity contribution in [1.29, 1.82) is 0 Å². The molecular weight excluding hydrogens is 224 g/mol. The molecule has 1 aliphatic rings. The number of carbonyl (C=O) groups is 1. The molecule has 1 aromatic rings. The second-order valence-corrected chi connectivity index (χ2v) is 5.11. The zero-order valence-electron chi connectivity index (χ0n) is 11.0. The highest BCUT2D eigenvalue weighted by Gasteiger charge is 2.17. The van der Waals surface area contributed by atoms with Crippen LogP contribution in [0.4, 0.5) is 0 Å². The molecule has 1 fully saturated rings. The van der Waals surface area contributed by atoms with Gasteiger partial charge in [-0.15, -0.1) is 0 Å². The monoisotopic (exact) mass is 246 g/mol. The summed E-state index contributed by atoms with van der Waals surface area (Å²) < 4.78 is 0. The molecule has 3 heteroatoms.